The lowest BCUT2D eigenvalue weighted by Crippen LogP contribution is -2.03. The second-order valence-corrected chi connectivity index (χ2v) is 4.86. The Hall–Kier alpha value is -1.07. The summed E-state index contributed by atoms with van der Waals surface area (Å²) in [5.74, 6) is -0.907. The van der Waals surface area contributed by atoms with Gasteiger partial charge in [0, 0.05) is 18.9 Å². The van der Waals surface area contributed by atoms with Gasteiger partial charge in [0.15, 0.2) is 5.85 Å². The maximum absolute atomic E-state index is 11.2. The smallest absolute Gasteiger partial charge is 0.358 e. The molecule has 1 atom stereocenters. The molecule has 16 heavy (non-hydrogen) atoms. The minimum Gasteiger partial charge on any atom is -0.497 e. The monoisotopic (exact) mass is 247 g/mol. The Morgan fingerprint density at radius 3 is 2.38 bits per heavy atom. The second kappa shape index (κ2) is 4.84. The van der Waals surface area contributed by atoms with Gasteiger partial charge in [0.25, 0.3) is 0 Å². The lowest BCUT2D eigenvalue weighted by molar-refractivity contribution is 0.137. The first-order valence-corrected chi connectivity index (χ1v) is 6.09. The van der Waals surface area contributed by atoms with Gasteiger partial charge >= 0.3 is 7.60 Å². The fourth-order valence-electron chi connectivity index (χ4n) is 1.37. The number of methoxy groups -OCH3 is 2. The predicted molar refractivity (Wildman–Crippen MR) is 59.2 cm³/mol. The third-order valence-electron chi connectivity index (χ3n) is 2.00. The summed E-state index contributed by atoms with van der Waals surface area (Å²) in [6.45, 7) is 0. The van der Waals surface area contributed by atoms with Gasteiger partial charge < -0.3 is 25.0 Å². The molecule has 0 spiro atoms. The Balaban J connectivity index is 3.20. The van der Waals surface area contributed by atoms with Crippen molar-refractivity contribution >= 4 is 13.3 Å². The highest BCUT2D eigenvalue weighted by Gasteiger charge is 2.30. The molecule has 4 N–H and O–H groups in total. The number of ether oxygens (including phenoxy) is 2. The van der Waals surface area contributed by atoms with E-state index in [0.717, 1.165) is 0 Å². The van der Waals surface area contributed by atoms with Gasteiger partial charge in [0.1, 0.15) is 5.75 Å². The number of benzene rings is 1. The maximum Gasteiger partial charge on any atom is 0.358 e. The van der Waals surface area contributed by atoms with Gasteiger partial charge in [-0.25, -0.2) is 0 Å². The molecule has 0 aromatic heterocycles. The van der Waals surface area contributed by atoms with Crippen molar-refractivity contribution in [1.82, 2.24) is 0 Å². The summed E-state index contributed by atoms with van der Waals surface area (Å²) in [6, 6.07) is 4.47. The quantitative estimate of drug-likeness (QED) is 0.544. The third kappa shape index (κ3) is 2.96. The van der Waals surface area contributed by atoms with Gasteiger partial charge in [-0.2, -0.15) is 0 Å². The summed E-state index contributed by atoms with van der Waals surface area (Å²) in [7, 11) is -1.72. The average molecular weight is 247 g/mol. The van der Waals surface area contributed by atoms with Gasteiger partial charge in [0.05, 0.1) is 7.11 Å². The first-order valence-electron chi connectivity index (χ1n) is 4.41. The van der Waals surface area contributed by atoms with Crippen LogP contribution in [0.25, 0.3) is 0 Å². The summed E-state index contributed by atoms with van der Waals surface area (Å²) in [4.78, 5) is 18.2. The summed E-state index contributed by atoms with van der Waals surface area (Å²) >= 11 is 0. The highest BCUT2D eigenvalue weighted by atomic mass is 31.2. The molecule has 0 aliphatic rings. The third-order valence-corrected chi connectivity index (χ3v) is 3.12. The number of hydrogen-bond acceptors (Lipinski definition) is 4. The van der Waals surface area contributed by atoms with Crippen LogP contribution in [0.2, 0.25) is 0 Å². The first kappa shape index (κ1) is 13.0. The normalized spacial score (nSPS) is 13.5. The summed E-state index contributed by atoms with van der Waals surface area (Å²) in [5, 5.41) is 0. The zero-order valence-electron chi connectivity index (χ0n) is 8.95. The Morgan fingerprint density at radius 1 is 1.31 bits per heavy atom. The first-order chi connectivity index (χ1) is 7.38. The van der Waals surface area contributed by atoms with E-state index in [9.17, 15) is 4.57 Å². The lowest BCUT2D eigenvalue weighted by Gasteiger charge is -2.18. The fourth-order valence-corrected chi connectivity index (χ4v) is 2.19. The van der Waals surface area contributed by atoms with E-state index in [1.165, 1.54) is 26.4 Å². The standard InChI is InChI=1S/C9H14NO5P/c1-14-8-4-6(3-7(10)5-8)9(15-2)16(11,12)13/h3-5,9H,10H2,1-2H3,(H2,11,12,13). The van der Waals surface area contributed by atoms with Crippen molar-refractivity contribution in [1.29, 1.82) is 0 Å². The molecule has 0 saturated carbocycles. The molecular weight excluding hydrogens is 233 g/mol. The molecule has 1 unspecified atom stereocenters. The Bertz CT molecular complexity index is 416. The molecule has 6 nitrogen and oxygen atoms in total. The molecule has 7 heteroatoms. The highest BCUT2D eigenvalue weighted by molar-refractivity contribution is 7.52. The molecule has 90 valence electrons. The molecule has 0 fully saturated rings. The van der Waals surface area contributed by atoms with Crippen molar-refractivity contribution in [2.75, 3.05) is 20.0 Å². The molecule has 0 bridgehead atoms. The minimum absolute atomic E-state index is 0.285. The largest absolute Gasteiger partial charge is 0.497 e. The summed E-state index contributed by atoms with van der Waals surface area (Å²) in [6.07, 6.45) is 0. The zero-order chi connectivity index (χ0) is 12.3. The van der Waals surface area contributed by atoms with Crippen LogP contribution >= 0.6 is 7.60 Å². The average Bonchev–Trinajstić information content (AvgIpc) is 2.15. The van der Waals surface area contributed by atoms with E-state index < -0.39 is 13.4 Å². The van der Waals surface area contributed by atoms with Crippen molar-refractivity contribution in [3.8, 4) is 5.75 Å². The van der Waals surface area contributed by atoms with Crippen LogP contribution in [-0.2, 0) is 9.30 Å². The number of nitrogen functional groups attached to an aromatic ring is 1. The molecule has 0 heterocycles. The molecule has 0 radical (unpaired) electrons. The van der Waals surface area contributed by atoms with Crippen LogP contribution in [0, 0.1) is 0 Å². The number of anilines is 1. The topological polar surface area (TPSA) is 102 Å². The molecule has 1 rings (SSSR count). The van der Waals surface area contributed by atoms with Gasteiger partial charge in [-0.1, -0.05) is 0 Å². The Morgan fingerprint density at radius 2 is 1.94 bits per heavy atom. The lowest BCUT2D eigenvalue weighted by atomic mass is 10.2. The van der Waals surface area contributed by atoms with Crippen LogP contribution in [0.5, 0.6) is 5.75 Å². The van der Waals surface area contributed by atoms with Gasteiger partial charge in [-0.3, -0.25) is 4.57 Å². The molecule has 0 aliphatic carbocycles. The molecule has 0 amide bonds. The Kier molecular flexibility index (Phi) is 3.93. The van der Waals surface area contributed by atoms with Gasteiger partial charge in [0.2, 0.25) is 0 Å². The van der Waals surface area contributed by atoms with E-state index in [2.05, 4.69) is 0 Å². The van der Waals surface area contributed by atoms with Crippen LogP contribution < -0.4 is 10.5 Å². The number of nitrogens with two attached hydrogens (primary N) is 1. The van der Waals surface area contributed by atoms with E-state index in [4.69, 9.17) is 25.0 Å². The van der Waals surface area contributed by atoms with E-state index >= 15 is 0 Å². The second-order valence-electron chi connectivity index (χ2n) is 3.22. The fraction of sp³-hybridized carbons (Fsp3) is 0.333. The van der Waals surface area contributed by atoms with Crippen LogP contribution in [0.15, 0.2) is 18.2 Å². The summed E-state index contributed by atoms with van der Waals surface area (Å²) < 4.78 is 20.9. The van der Waals surface area contributed by atoms with Crippen molar-refractivity contribution < 1.29 is 23.8 Å². The van der Waals surface area contributed by atoms with E-state index in [-0.39, 0.29) is 5.56 Å². The molecule has 1 aromatic carbocycles. The maximum atomic E-state index is 11.2. The molecule has 0 saturated heterocycles. The van der Waals surface area contributed by atoms with E-state index in [1.807, 2.05) is 0 Å². The summed E-state index contributed by atoms with van der Waals surface area (Å²) in [5.41, 5.74) is 6.22. The van der Waals surface area contributed by atoms with Crippen LogP contribution in [0.3, 0.4) is 0 Å². The zero-order valence-corrected chi connectivity index (χ0v) is 9.85. The highest BCUT2D eigenvalue weighted by Crippen LogP contribution is 2.52. The minimum atomic E-state index is -4.38. The van der Waals surface area contributed by atoms with Crippen LogP contribution in [-0.4, -0.2) is 24.0 Å². The van der Waals surface area contributed by atoms with Crippen molar-refractivity contribution in [2.24, 2.45) is 0 Å². The van der Waals surface area contributed by atoms with Crippen molar-refractivity contribution in [2.45, 2.75) is 5.85 Å². The Labute approximate surface area is 93.1 Å². The van der Waals surface area contributed by atoms with Gasteiger partial charge in [-0.05, 0) is 17.7 Å². The number of rotatable bonds is 4. The number of hydrogen-bond donors (Lipinski definition) is 3. The van der Waals surface area contributed by atoms with Crippen molar-refractivity contribution in [3.05, 3.63) is 23.8 Å². The van der Waals surface area contributed by atoms with Crippen LogP contribution in [0.1, 0.15) is 11.4 Å². The molecule has 0 aliphatic heterocycles. The van der Waals surface area contributed by atoms with Crippen LogP contribution in [0.4, 0.5) is 5.69 Å². The predicted octanol–water partition coefficient (Wildman–Crippen LogP) is 1.10. The van der Waals surface area contributed by atoms with E-state index in [1.54, 1.807) is 6.07 Å². The molecular formula is C9H14NO5P. The molecule has 1 aromatic rings. The van der Waals surface area contributed by atoms with E-state index in [0.29, 0.717) is 11.4 Å². The van der Waals surface area contributed by atoms with Crippen molar-refractivity contribution in [3.63, 3.8) is 0 Å². The SMILES string of the molecule is COc1cc(N)cc(C(OC)P(=O)(O)O)c1. The van der Waals surface area contributed by atoms with Gasteiger partial charge in [-0.15, -0.1) is 0 Å².